The molecule has 100 valence electrons. The second-order valence-electron chi connectivity index (χ2n) is 4.18. The number of hydrogen-bond donors (Lipinski definition) is 0. The molecule has 4 nitrogen and oxygen atoms in total. The Hall–Kier alpha value is -2.23. The van der Waals surface area contributed by atoms with Crippen molar-refractivity contribution in [3.63, 3.8) is 0 Å². The van der Waals surface area contributed by atoms with Crippen molar-refractivity contribution in [2.75, 3.05) is 13.7 Å². The van der Waals surface area contributed by atoms with Gasteiger partial charge in [0.2, 0.25) is 0 Å². The van der Waals surface area contributed by atoms with E-state index < -0.39 is 0 Å². The Morgan fingerprint density at radius 3 is 2.53 bits per heavy atom. The summed E-state index contributed by atoms with van der Waals surface area (Å²) in [6.45, 7) is 3.18. The second-order valence-corrected chi connectivity index (χ2v) is 4.18. The molecule has 0 radical (unpaired) electrons. The molecule has 0 aliphatic heterocycles. The van der Waals surface area contributed by atoms with Gasteiger partial charge < -0.3 is 14.1 Å². The molecule has 2 rings (SSSR count). The highest BCUT2D eigenvalue weighted by atomic mass is 16.5. The summed E-state index contributed by atoms with van der Waals surface area (Å²) < 4.78 is 10.1. The molecule has 19 heavy (non-hydrogen) atoms. The number of hydrogen-bond acceptors (Lipinski definition) is 3. The monoisotopic (exact) mass is 259 g/mol. The van der Waals surface area contributed by atoms with E-state index >= 15 is 0 Å². The van der Waals surface area contributed by atoms with Crippen molar-refractivity contribution in [3.05, 3.63) is 54.0 Å². The number of nitrogens with zero attached hydrogens (tertiary/aromatic N) is 1. The predicted molar refractivity (Wildman–Crippen MR) is 72.1 cm³/mol. The van der Waals surface area contributed by atoms with Crippen LogP contribution in [-0.4, -0.2) is 24.5 Å². The summed E-state index contributed by atoms with van der Waals surface area (Å²) in [6.07, 6.45) is 2.98. The van der Waals surface area contributed by atoms with Crippen LogP contribution in [0.15, 0.2) is 47.3 Å². The van der Waals surface area contributed by atoms with Crippen molar-refractivity contribution in [2.45, 2.75) is 13.5 Å². The first-order valence-corrected chi connectivity index (χ1v) is 6.19. The van der Waals surface area contributed by atoms with Crippen LogP contribution < -0.4 is 4.74 Å². The van der Waals surface area contributed by atoms with E-state index in [0.29, 0.717) is 18.7 Å². The van der Waals surface area contributed by atoms with Crippen LogP contribution in [0.5, 0.6) is 5.75 Å². The first-order chi connectivity index (χ1) is 9.24. The third-order valence-corrected chi connectivity index (χ3v) is 2.97. The van der Waals surface area contributed by atoms with Crippen LogP contribution in [0.2, 0.25) is 0 Å². The van der Waals surface area contributed by atoms with Crippen molar-refractivity contribution in [1.29, 1.82) is 0 Å². The molecule has 1 amide bonds. The molecule has 1 aromatic heterocycles. The third-order valence-electron chi connectivity index (χ3n) is 2.97. The molecule has 0 fully saturated rings. The Kier molecular flexibility index (Phi) is 4.23. The quantitative estimate of drug-likeness (QED) is 0.829. The molecule has 0 bridgehead atoms. The van der Waals surface area contributed by atoms with Crippen LogP contribution >= 0.6 is 0 Å². The smallest absolute Gasteiger partial charge is 0.257 e. The minimum absolute atomic E-state index is 0.0212. The van der Waals surface area contributed by atoms with Crippen molar-refractivity contribution in [3.8, 4) is 5.75 Å². The van der Waals surface area contributed by atoms with Gasteiger partial charge in [0, 0.05) is 13.1 Å². The van der Waals surface area contributed by atoms with Crippen LogP contribution in [0.3, 0.4) is 0 Å². The lowest BCUT2D eigenvalue weighted by molar-refractivity contribution is 0.0752. The summed E-state index contributed by atoms with van der Waals surface area (Å²) in [5, 5.41) is 0. The Morgan fingerprint density at radius 1 is 1.26 bits per heavy atom. The summed E-state index contributed by atoms with van der Waals surface area (Å²) in [5.41, 5.74) is 1.65. The molecule has 0 N–H and O–H groups in total. The zero-order valence-corrected chi connectivity index (χ0v) is 11.1. The number of benzene rings is 1. The van der Waals surface area contributed by atoms with Crippen molar-refractivity contribution < 1.29 is 13.9 Å². The number of amides is 1. The topological polar surface area (TPSA) is 42.7 Å². The SMILES string of the molecule is CCN(Cc1ccc(OC)cc1)C(=O)c1ccoc1. The number of rotatable bonds is 5. The number of methoxy groups -OCH3 is 1. The van der Waals surface area contributed by atoms with Gasteiger partial charge in [-0.1, -0.05) is 12.1 Å². The summed E-state index contributed by atoms with van der Waals surface area (Å²) in [7, 11) is 1.63. The molecule has 1 aromatic carbocycles. The number of carbonyl (C=O) groups excluding carboxylic acids is 1. The minimum Gasteiger partial charge on any atom is -0.497 e. The molecule has 0 saturated heterocycles. The molecule has 4 heteroatoms. The van der Waals surface area contributed by atoms with Crippen LogP contribution in [0, 0.1) is 0 Å². The third kappa shape index (κ3) is 3.16. The molecular formula is C15H17NO3. The van der Waals surface area contributed by atoms with Crippen LogP contribution in [0.25, 0.3) is 0 Å². The largest absolute Gasteiger partial charge is 0.497 e. The highest BCUT2D eigenvalue weighted by Gasteiger charge is 2.15. The van der Waals surface area contributed by atoms with E-state index in [1.807, 2.05) is 31.2 Å². The molecular weight excluding hydrogens is 242 g/mol. The second kappa shape index (κ2) is 6.09. The van der Waals surface area contributed by atoms with E-state index in [-0.39, 0.29) is 5.91 Å². The maximum atomic E-state index is 12.2. The normalized spacial score (nSPS) is 10.2. The molecule has 0 unspecified atom stereocenters. The zero-order valence-electron chi connectivity index (χ0n) is 11.1. The highest BCUT2D eigenvalue weighted by Crippen LogP contribution is 2.14. The number of carbonyl (C=O) groups is 1. The molecule has 2 aromatic rings. The van der Waals surface area contributed by atoms with Gasteiger partial charge >= 0.3 is 0 Å². The first kappa shape index (κ1) is 13.2. The Bertz CT molecular complexity index is 517. The first-order valence-electron chi connectivity index (χ1n) is 6.19. The highest BCUT2D eigenvalue weighted by molar-refractivity contribution is 5.93. The number of furan rings is 1. The number of ether oxygens (including phenoxy) is 1. The lowest BCUT2D eigenvalue weighted by atomic mass is 10.2. The molecule has 0 aliphatic rings. The Balaban J connectivity index is 2.08. The molecule has 0 spiro atoms. The van der Waals surface area contributed by atoms with Gasteiger partial charge in [0.25, 0.3) is 5.91 Å². The van der Waals surface area contributed by atoms with Gasteiger partial charge in [0.15, 0.2) is 0 Å². The fourth-order valence-electron chi connectivity index (χ4n) is 1.85. The summed E-state index contributed by atoms with van der Waals surface area (Å²) >= 11 is 0. The van der Waals surface area contributed by atoms with E-state index in [9.17, 15) is 4.79 Å². The molecule has 0 aliphatic carbocycles. The van der Waals surface area contributed by atoms with Gasteiger partial charge in [-0.05, 0) is 30.7 Å². The Morgan fingerprint density at radius 2 is 2.00 bits per heavy atom. The fourth-order valence-corrected chi connectivity index (χ4v) is 1.85. The van der Waals surface area contributed by atoms with E-state index in [1.54, 1.807) is 18.1 Å². The summed E-state index contributed by atoms with van der Waals surface area (Å²) in [6, 6.07) is 9.39. The van der Waals surface area contributed by atoms with Crippen LogP contribution in [0.1, 0.15) is 22.8 Å². The lowest BCUT2D eigenvalue weighted by Gasteiger charge is -2.20. The summed E-state index contributed by atoms with van der Waals surface area (Å²) in [5.74, 6) is 0.792. The van der Waals surface area contributed by atoms with Gasteiger partial charge in [0.05, 0.1) is 18.9 Å². The van der Waals surface area contributed by atoms with Crippen molar-refractivity contribution >= 4 is 5.91 Å². The van der Waals surface area contributed by atoms with Crippen LogP contribution in [0.4, 0.5) is 0 Å². The fraction of sp³-hybridized carbons (Fsp3) is 0.267. The average Bonchev–Trinajstić information content (AvgIpc) is 2.99. The minimum atomic E-state index is -0.0212. The average molecular weight is 259 g/mol. The Labute approximate surface area is 112 Å². The van der Waals surface area contributed by atoms with E-state index in [1.165, 1.54) is 12.5 Å². The lowest BCUT2D eigenvalue weighted by Crippen LogP contribution is -2.29. The molecule has 0 saturated carbocycles. The molecule has 1 heterocycles. The van der Waals surface area contributed by atoms with Crippen LogP contribution in [-0.2, 0) is 6.54 Å². The van der Waals surface area contributed by atoms with Gasteiger partial charge in [-0.3, -0.25) is 4.79 Å². The summed E-state index contributed by atoms with van der Waals surface area (Å²) in [4.78, 5) is 14.0. The maximum absolute atomic E-state index is 12.2. The predicted octanol–water partition coefficient (Wildman–Crippen LogP) is 2.95. The standard InChI is InChI=1S/C15H17NO3/c1-3-16(15(17)13-8-9-19-11-13)10-12-4-6-14(18-2)7-5-12/h4-9,11H,3,10H2,1-2H3. The van der Waals surface area contributed by atoms with Crippen molar-refractivity contribution in [1.82, 2.24) is 4.90 Å². The molecule has 0 atom stereocenters. The van der Waals surface area contributed by atoms with E-state index in [2.05, 4.69) is 0 Å². The van der Waals surface area contributed by atoms with Gasteiger partial charge in [0.1, 0.15) is 12.0 Å². The van der Waals surface area contributed by atoms with Gasteiger partial charge in [-0.2, -0.15) is 0 Å². The van der Waals surface area contributed by atoms with E-state index in [0.717, 1.165) is 11.3 Å². The zero-order chi connectivity index (χ0) is 13.7. The van der Waals surface area contributed by atoms with Gasteiger partial charge in [-0.25, -0.2) is 0 Å². The maximum Gasteiger partial charge on any atom is 0.257 e. The van der Waals surface area contributed by atoms with Gasteiger partial charge in [-0.15, -0.1) is 0 Å². The van der Waals surface area contributed by atoms with E-state index in [4.69, 9.17) is 9.15 Å². The van der Waals surface area contributed by atoms with Crippen molar-refractivity contribution in [2.24, 2.45) is 0 Å².